The zero-order chi connectivity index (χ0) is 14.0. The van der Waals surface area contributed by atoms with Gasteiger partial charge in [-0.3, -0.25) is 4.79 Å². The normalized spacial score (nSPS) is 10.3. The van der Waals surface area contributed by atoms with E-state index in [0.29, 0.717) is 16.9 Å². The van der Waals surface area contributed by atoms with Crippen molar-refractivity contribution in [3.63, 3.8) is 0 Å². The first kappa shape index (κ1) is 13.3. The van der Waals surface area contributed by atoms with Gasteiger partial charge in [-0.05, 0) is 55.3 Å². The molecule has 0 amide bonds. The first-order valence-corrected chi connectivity index (χ1v) is 5.98. The molecule has 3 heteroatoms. The average Bonchev–Trinajstić information content (AvgIpc) is 2.40. The van der Waals surface area contributed by atoms with E-state index in [1.54, 1.807) is 38.3 Å². The van der Waals surface area contributed by atoms with Gasteiger partial charge in [-0.15, -0.1) is 0 Å². The molecule has 0 saturated carbocycles. The number of benzene rings is 2. The van der Waals surface area contributed by atoms with E-state index in [2.05, 4.69) is 0 Å². The number of carbonyl (C=O) groups excluding carboxylic acids is 1. The van der Waals surface area contributed by atoms with Gasteiger partial charge in [-0.25, -0.2) is 4.39 Å². The van der Waals surface area contributed by atoms with E-state index in [0.717, 1.165) is 11.1 Å². The van der Waals surface area contributed by atoms with Crippen LogP contribution in [0.4, 0.5) is 4.39 Å². The fourth-order valence-electron chi connectivity index (χ4n) is 2.00. The van der Waals surface area contributed by atoms with Crippen LogP contribution in [0.5, 0.6) is 5.75 Å². The molecule has 0 fully saturated rings. The average molecular weight is 258 g/mol. The molecule has 0 N–H and O–H groups in total. The van der Waals surface area contributed by atoms with Crippen LogP contribution in [0.15, 0.2) is 36.4 Å². The molecule has 19 heavy (non-hydrogen) atoms. The van der Waals surface area contributed by atoms with Gasteiger partial charge < -0.3 is 4.74 Å². The molecule has 0 saturated heterocycles. The lowest BCUT2D eigenvalue weighted by atomic mass is 9.96. The zero-order valence-electron chi connectivity index (χ0n) is 11.2. The number of ketones is 1. The van der Waals surface area contributed by atoms with Crippen LogP contribution in [0.3, 0.4) is 0 Å². The third-order valence-corrected chi connectivity index (χ3v) is 3.12. The summed E-state index contributed by atoms with van der Waals surface area (Å²) < 4.78 is 18.4. The summed E-state index contributed by atoms with van der Waals surface area (Å²) in [6, 6.07) is 9.48. The fourth-order valence-corrected chi connectivity index (χ4v) is 2.00. The highest BCUT2D eigenvalue weighted by Crippen LogP contribution is 2.21. The topological polar surface area (TPSA) is 26.3 Å². The first-order chi connectivity index (χ1) is 9.02. The Labute approximate surface area is 111 Å². The van der Waals surface area contributed by atoms with Gasteiger partial charge in [0.2, 0.25) is 0 Å². The smallest absolute Gasteiger partial charge is 0.193 e. The molecule has 0 bridgehead atoms. The van der Waals surface area contributed by atoms with Crippen molar-refractivity contribution in [3.8, 4) is 5.75 Å². The van der Waals surface area contributed by atoms with Gasteiger partial charge >= 0.3 is 0 Å². The first-order valence-electron chi connectivity index (χ1n) is 5.98. The van der Waals surface area contributed by atoms with Crippen LogP contribution in [0.2, 0.25) is 0 Å². The SMILES string of the molecule is COc1ccc(C(=O)c2cc(F)ccc2C)c(C)c1. The Hall–Kier alpha value is -2.16. The van der Waals surface area contributed by atoms with Crippen molar-refractivity contribution in [1.29, 1.82) is 0 Å². The van der Waals surface area contributed by atoms with Gasteiger partial charge in [0.15, 0.2) is 5.78 Å². The van der Waals surface area contributed by atoms with Crippen LogP contribution in [0, 0.1) is 19.7 Å². The highest BCUT2D eigenvalue weighted by Gasteiger charge is 2.15. The Morgan fingerprint density at radius 1 is 1.00 bits per heavy atom. The van der Waals surface area contributed by atoms with Gasteiger partial charge in [0.25, 0.3) is 0 Å². The minimum absolute atomic E-state index is 0.169. The maximum absolute atomic E-state index is 13.3. The molecule has 2 rings (SSSR count). The summed E-state index contributed by atoms with van der Waals surface area (Å²) in [6.07, 6.45) is 0. The Morgan fingerprint density at radius 3 is 2.37 bits per heavy atom. The third-order valence-electron chi connectivity index (χ3n) is 3.12. The zero-order valence-corrected chi connectivity index (χ0v) is 11.2. The molecular formula is C16H15FO2. The molecule has 2 aromatic rings. The number of aryl methyl sites for hydroxylation is 2. The van der Waals surface area contributed by atoms with E-state index in [1.165, 1.54) is 12.1 Å². The maximum atomic E-state index is 13.3. The predicted molar refractivity (Wildman–Crippen MR) is 72.3 cm³/mol. The monoisotopic (exact) mass is 258 g/mol. The molecule has 0 radical (unpaired) electrons. The number of halogens is 1. The second kappa shape index (κ2) is 5.22. The predicted octanol–water partition coefficient (Wildman–Crippen LogP) is 3.68. The number of rotatable bonds is 3. The van der Waals surface area contributed by atoms with Crippen molar-refractivity contribution in [2.45, 2.75) is 13.8 Å². The van der Waals surface area contributed by atoms with E-state index in [-0.39, 0.29) is 5.78 Å². The minimum Gasteiger partial charge on any atom is -0.497 e. The van der Waals surface area contributed by atoms with Crippen molar-refractivity contribution in [2.24, 2.45) is 0 Å². The molecular weight excluding hydrogens is 243 g/mol. The summed E-state index contributed by atoms with van der Waals surface area (Å²) in [7, 11) is 1.58. The molecule has 2 nitrogen and oxygen atoms in total. The lowest BCUT2D eigenvalue weighted by molar-refractivity contribution is 0.103. The van der Waals surface area contributed by atoms with E-state index >= 15 is 0 Å². The largest absolute Gasteiger partial charge is 0.497 e. The van der Waals surface area contributed by atoms with Gasteiger partial charge in [0.05, 0.1) is 7.11 Å². The van der Waals surface area contributed by atoms with Gasteiger partial charge in [0.1, 0.15) is 11.6 Å². The molecule has 0 unspecified atom stereocenters. The second-order valence-corrected chi connectivity index (χ2v) is 4.47. The van der Waals surface area contributed by atoms with E-state index in [4.69, 9.17) is 4.74 Å². The van der Waals surface area contributed by atoms with Crippen LogP contribution in [-0.4, -0.2) is 12.9 Å². The van der Waals surface area contributed by atoms with E-state index in [9.17, 15) is 9.18 Å². The van der Waals surface area contributed by atoms with Crippen LogP contribution < -0.4 is 4.74 Å². The van der Waals surface area contributed by atoms with Crippen molar-refractivity contribution in [3.05, 3.63) is 64.5 Å². The number of carbonyl (C=O) groups is 1. The molecule has 98 valence electrons. The quantitative estimate of drug-likeness (QED) is 0.785. The fraction of sp³-hybridized carbons (Fsp3) is 0.188. The molecule has 0 heterocycles. The van der Waals surface area contributed by atoms with Crippen molar-refractivity contribution < 1.29 is 13.9 Å². The van der Waals surface area contributed by atoms with Crippen LogP contribution in [0.1, 0.15) is 27.0 Å². The lowest BCUT2D eigenvalue weighted by Gasteiger charge is -2.09. The van der Waals surface area contributed by atoms with E-state index < -0.39 is 5.82 Å². The molecule has 2 aromatic carbocycles. The van der Waals surface area contributed by atoms with Gasteiger partial charge in [0, 0.05) is 11.1 Å². The van der Waals surface area contributed by atoms with Crippen LogP contribution in [0.25, 0.3) is 0 Å². The molecule has 0 aliphatic heterocycles. The van der Waals surface area contributed by atoms with Crippen LogP contribution in [-0.2, 0) is 0 Å². The number of ether oxygens (including phenoxy) is 1. The molecule has 0 aliphatic carbocycles. The Balaban J connectivity index is 2.47. The Kier molecular flexibility index (Phi) is 3.65. The van der Waals surface area contributed by atoms with Gasteiger partial charge in [-0.2, -0.15) is 0 Å². The van der Waals surface area contributed by atoms with Crippen molar-refractivity contribution in [2.75, 3.05) is 7.11 Å². The Bertz CT molecular complexity index is 633. The maximum Gasteiger partial charge on any atom is 0.193 e. The molecule has 0 atom stereocenters. The Morgan fingerprint density at radius 2 is 1.74 bits per heavy atom. The highest BCUT2D eigenvalue weighted by atomic mass is 19.1. The summed E-state index contributed by atoms with van der Waals surface area (Å²) in [4.78, 5) is 12.4. The summed E-state index contributed by atoms with van der Waals surface area (Å²) in [5, 5.41) is 0. The number of hydrogen-bond donors (Lipinski definition) is 0. The van der Waals surface area contributed by atoms with Gasteiger partial charge in [-0.1, -0.05) is 6.07 Å². The van der Waals surface area contributed by atoms with Crippen molar-refractivity contribution >= 4 is 5.78 Å². The minimum atomic E-state index is -0.403. The third kappa shape index (κ3) is 2.65. The summed E-state index contributed by atoms with van der Waals surface area (Å²) in [6.45, 7) is 3.63. The number of hydrogen-bond acceptors (Lipinski definition) is 2. The standard InChI is InChI=1S/C16H15FO2/c1-10-4-5-12(17)9-15(10)16(18)14-7-6-13(19-3)8-11(14)2/h4-9H,1-3H3. The molecule has 0 spiro atoms. The number of methoxy groups -OCH3 is 1. The van der Waals surface area contributed by atoms with Crippen LogP contribution >= 0.6 is 0 Å². The molecule has 0 aromatic heterocycles. The highest BCUT2D eigenvalue weighted by molar-refractivity contribution is 6.10. The molecule has 0 aliphatic rings. The summed E-state index contributed by atoms with van der Waals surface area (Å²) in [5.74, 6) is 0.127. The van der Waals surface area contributed by atoms with E-state index in [1.807, 2.05) is 6.92 Å². The summed E-state index contributed by atoms with van der Waals surface area (Å²) >= 11 is 0. The second-order valence-electron chi connectivity index (χ2n) is 4.47. The lowest BCUT2D eigenvalue weighted by Crippen LogP contribution is -2.06. The van der Waals surface area contributed by atoms with Crippen molar-refractivity contribution in [1.82, 2.24) is 0 Å². The summed E-state index contributed by atoms with van der Waals surface area (Å²) in [5.41, 5.74) is 2.54.